The van der Waals surface area contributed by atoms with Crippen LogP contribution in [0.1, 0.15) is 280 Å². The Labute approximate surface area is 427 Å². The maximum atomic E-state index is 12.5. The van der Waals surface area contributed by atoms with E-state index in [1.165, 1.54) is 141 Å². The van der Waals surface area contributed by atoms with Gasteiger partial charge in [0.2, 0.25) is 0 Å². The van der Waals surface area contributed by atoms with Gasteiger partial charge in [-0.1, -0.05) is 195 Å². The van der Waals surface area contributed by atoms with Crippen LogP contribution >= 0.6 is 0 Å². The lowest BCUT2D eigenvalue weighted by Crippen LogP contribution is -2.34. The molecule has 69 heavy (non-hydrogen) atoms. The van der Waals surface area contributed by atoms with Gasteiger partial charge in [-0.05, 0) is 97.1 Å². The minimum Gasteiger partial charge on any atom is -0.466 e. The average molecular weight is 982 g/mol. The van der Waals surface area contributed by atoms with E-state index in [4.69, 9.17) is 23.7 Å². The molecule has 0 saturated heterocycles. The van der Waals surface area contributed by atoms with Crippen molar-refractivity contribution in [1.82, 2.24) is 10.2 Å². The van der Waals surface area contributed by atoms with Crippen LogP contribution in [0.15, 0.2) is 0 Å². The van der Waals surface area contributed by atoms with E-state index in [1.807, 2.05) is 20.8 Å². The molecule has 0 rings (SSSR count). The molecule has 0 bridgehead atoms. The van der Waals surface area contributed by atoms with E-state index in [-0.39, 0.29) is 11.9 Å². The predicted molar refractivity (Wildman–Crippen MR) is 290 cm³/mol. The van der Waals surface area contributed by atoms with Crippen molar-refractivity contribution in [3.8, 4) is 0 Å². The minimum absolute atomic E-state index is 0.0260. The predicted octanol–water partition coefficient (Wildman–Crippen LogP) is 16.3. The third-order valence-electron chi connectivity index (χ3n) is 13.5. The van der Waals surface area contributed by atoms with Gasteiger partial charge in [-0.3, -0.25) is 9.59 Å². The highest BCUT2D eigenvalue weighted by Gasteiger charge is 2.16. The number of hydrogen-bond donors (Lipinski definition) is 1. The molecule has 1 amide bonds. The van der Waals surface area contributed by atoms with E-state index in [0.717, 1.165) is 109 Å². The molecule has 0 heterocycles. The lowest BCUT2D eigenvalue weighted by atomic mass is 9.91. The summed E-state index contributed by atoms with van der Waals surface area (Å²) in [4.78, 5) is 39.4. The molecule has 1 N–H and O–H groups in total. The van der Waals surface area contributed by atoms with Crippen molar-refractivity contribution in [2.45, 2.75) is 285 Å². The number of alkyl carbamates (subject to hydrolysis) is 1. The van der Waals surface area contributed by atoms with E-state index < -0.39 is 11.7 Å². The summed E-state index contributed by atoms with van der Waals surface area (Å²) in [7, 11) is 0. The van der Waals surface area contributed by atoms with Crippen molar-refractivity contribution in [3.63, 3.8) is 0 Å². The summed E-state index contributed by atoms with van der Waals surface area (Å²) in [6, 6.07) is 0. The molecule has 10 heteroatoms. The second-order valence-corrected chi connectivity index (χ2v) is 21.4. The molecule has 0 radical (unpaired) electrons. The Balaban J connectivity index is 4.51. The highest BCUT2D eigenvalue weighted by molar-refractivity contribution is 5.69. The Morgan fingerprint density at radius 3 is 1.17 bits per heavy atom. The summed E-state index contributed by atoms with van der Waals surface area (Å²) in [5, 5.41) is 2.72. The van der Waals surface area contributed by atoms with Crippen molar-refractivity contribution in [3.05, 3.63) is 0 Å². The minimum atomic E-state index is -0.519. The number of carbonyl (C=O) groups is 3. The number of nitrogens with zero attached hydrogens (tertiary/aromatic N) is 1. The van der Waals surface area contributed by atoms with E-state index in [0.29, 0.717) is 59.0 Å². The maximum absolute atomic E-state index is 12.5. The molecule has 0 aliphatic heterocycles. The zero-order chi connectivity index (χ0) is 50.7. The van der Waals surface area contributed by atoms with Crippen LogP contribution in [0.5, 0.6) is 0 Å². The van der Waals surface area contributed by atoms with Gasteiger partial charge in [0, 0.05) is 25.9 Å². The summed E-state index contributed by atoms with van der Waals surface area (Å²) in [5.41, 5.74) is -0.519. The number of hydrogen-bond acceptors (Lipinski definition) is 9. The average Bonchev–Trinajstić information content (AvgIpc) is 3.31. The quantitative estimate of drug-likeness (QED) is 0.0362. The van der Waals surface area contributed by atoms with Crippen molar-refractivity contribution in [2.75, 3.05) is 65.8 Å². The van der Waals surface area contributed by atoms with E-state index in [9.17, 15) is 14.4 Å². The summed E-state index contributed by atoms with van der Waals surface area (Å²) in [6.45, 7) is 21.2. The van der Waals surface area contributed by atoms with Gasteiger partial charge in [-0.2, -0.15) is 0 Å². The van der Waals surface area contributed by atoms with Gasteiger partial charge in [0.15, 0.2) is 0 Å². The molecule has 0 aromatic rings. The zero-order valence-corrected chi connectivity index (χ0v) is 46.9. The molecular weight excluding hydrogens is 865 g/mol. The molecular formula is C59H116N2O8. The van der Waals surface area contributed by atoms with E-state index in [1.54, 1.807) is 0 Å². The summed E-state index contributed by atoms with van der Waals surface area (Å²) in [6.07, 6.45) is 42.4. The number of rotatable bonds is 53. The third-order valence-corrected chi connectivity index (χ3v) is 13.5. The van der Waals surface area contributed by atoms with Gasteiger partial charge in [0.1, 0.15) is 5.60 Å². The maximum Gasteiger partial charge on any atom is 0.407 e. The van der Waals surface area contributed by atoms with Crippen molar-refractivity contribution in [2.24, 2.45) is 11.8 Å². The molecule has 0 atom stereocenters. The largest absolute Gasteiger partial charge is 0.466 e. The Morgan fingerprint density at radius 2 is 0.768 bits per heavy atom. The lowest BCUT2D eigenvalue weighted by molar-refractivity contribution is -0.144. The van der Waals surface area contributed by atoms with Crippen LogP contribution in [-0.2, 0) is 33.3 Å². The Morgan fingerprint density at radius 1 is 0.406 bits per heavy atom. The van der Waals surface area contributed by atoms with Gasteiger partial charge in [0.25, 0.3) is 0 Å². The van der Waals surface area contributed by atoms with E-state index >= 15 is 0 Å². The first-order chi connectivity index (χ1) is 33.5. The first-order valence-corrected chi connectivity index (χ1v) is 29.7. The molecule has 0 fully saturated rings. The molecule has 0 spiro atoms. The standard InChI is InChI=1S/C59H116N2O8/c1-8-12-16-26-36-54(37-27-17-13-9-2)40-34-48-67-56(62)42-30-22-20-24-32-45-61(47-51-66-53-52-65-50-44-60-58(64)69-59(5,6)7)46-33-25-21-23-31-43-57(63)68-49-35-41-55(38-28-18-14-10-3)39-29-19-15-11-4/h54-55H,8-53H2,1-7H3,(H,60,64). The second-order valence-electron chi connectivity index (χ2n) is 21.4. The summed E-state index contributed by atoms with van der Waals surface area (Å²) in [5.74, 6) is 1.52. The zero-order valence-electron chi connectivity index (χ0n) is 46.9. The Kier molecular flexibility index (Phi) is 49.6. The smallest absolute Gasteiger partial charge is 0.407 e. The second kappa shape index (κ2) is 51.0. The number of unbranched alkanes of at least 4 members (excludes halogenated alkanes) is 20. The van der Waals surface area contributed by atoms with E-state index in [2.05, 4.69) is 37.9 Å². The highest BCUT2D eigenvalue weighted by Crippen LogP contribution is 2.25. The summed E-state index contributed by atoms with van der Waals surface area (Å²) >= 11 is 0. The summed E-state index contributed by atoms with van der Waals surface area (Å²) < 4.78 is 28.2. The van der Waals surface area contributed by atoms with Crippen molar-refractivity contribution >= 4 is 18.0 Å². The van der Waals surface area contributed by atoms with Crippen molar-refractivity contribution in [1.29, 1.82) is 0 Å². The van der Waals surface area contributed by atoms with Crippen molar-refractivity contribution < 1.29 is 38.1 Å². The normalized spacial score (nSPS) is 11.9. The van der Waals surface area contributed by atoms with Crippen LogP contribution in [0.25, 0.3) is 0 Å². The van der Waals surface area contributed by atoms with Gasteiger partial charge in [-0.15, -0.1) is 0 Å². The molecule has 0 unspecified atom stereocenters. The van der Waals surface area contributed by atoms with Gasteiger partial charge >= 0.3 is 18.0 Å². The van der Waals surface area contributed by atoms with Gasteiger partial charge in [0.05, 0.1) is 39.6 Å². The Bertz CT molecular complexity index is 1030. The highest BCUT2D eigenvalue weighted by atomic mass is 16.6. The fourth-order valence-corrected chi connectivity index (χ4v) is 9.23. The van der Waals surface area contributed by atoms with Crippen LogP contribution in [0.3, 0.4) is 0 Å². The molecule has 410 valence electrons. The fourth-order valence-electron chi connectivity index (χ4n) is 9.23. The molecule has 0 aliphatic carbocycles. The molecule has 0 aliphatic rings. The number of esters is 2. The SMILES string of the molecule is CCCCCCC(CCCCCC)CCCOC(=O)CCCCCCCN(CCCCCCCC(=O)OCCCC(CCCCCC)CCCCCC)CCOCCOCCNC(=O)OC(C)(C)C. The topological polar surface area (TPSA) is 113 Å². The molecule has 10 nitrogen and oxygen atoms in total. The third kappa shape index (κ3) is 50.8. The first kappa shape index (κ1) is 67.1. The molecule has 0 saturated carbocycles. The monoisotopic (exact) mass is 981 g/mol. The fraction of sp³-hybridized carbons (Fsp3) is 0.949. The number of nitrogens with one attached hydrogen (secondary N) is 1. The Hall–Kier alpha value is -1.91. The number of amides is 1. The van der Waals surface area contributed by atoms with Crippen LogP contribution < -0.4 is 5.32 Å². The number of carbonyl (C=O) groups excluding carboxylic acids is 3. The first-order valence-electron chi connectivity index (χ1n) is 29.7. The number of ether oxygens (including phenoxy) is 5. The van der Waals surface area contributed by atoms with Crippen LogP contribution in [0, 0.1) is 11.8 Å². The van der Waals surface area contributed by atoms with Gasteiger partial charge < -0.3 is 33.9 Å². The molecule has 0 aromatic carbocycles. The lowest BCUT2D eigenvalue weighted by Gasteiger charge is -2.22. The van der Waals surface area contributed by atoms with Crippen LogP contribution in [0.2, 0.25) is 0 Å². The molecule has 0 aromatic heterocycles. The van der Waals surface area contributed by atoms with Crippen LogP contribution in [0.4, 0.5) is 4.79 Å². The van der Waals surface area contributed by atoms with Crippen LogP contribution in [-0.4, -0.2) is 94.4 Å². The van der Waals surface area contributed by atoms with Gasteiger partial charge in [-0.25, -0.2) is 4.79 Å².